The van der Waals surface area contributed by atoms with Gasteiger partial charge in [-0.3, -0.25) is 9.79 Å². The fourth-order valence-electron chi connectivity index (χ4n) is 3.06. The first-order chi connectivity index (χ1) is 13.1. The summed E-state index contributed by atoms with van der Waals surface area (Å²) in [6.45, 7) is 0.936. The molecule has 27 heavy (non-hydrogen) atoms. The van der Waals surface area contributed by atoms with Gasteiger partial charge in [0.2, 0.25) is 0 Å². The number of ketones is 1. The number of carbonyl (C=O) groups excluding carboxylic acids is 1. The number of ether oxygens (including phenoxy) is 1. The van der Waals surface area contributed by atoms with Crippen molar-refractivity contribution in [2.75, 3.05) is 6.54 Å². The first kappa shape index (κ1) is 17.5. The molecule has 1 aromatic heterocycles. The lowest BCUT2D eigenvalue weighted by atomic mass is 10.0. The molecule has 3 aromatic rings. The Hall–Kier alpha value is -2.92. The number of nitrogens with zero attached hydrogens (tertiary/aromatic N) is 1. The monoisotopic (exact) mass is 382 g/mol. The number of H-pyrrole nitrogens is 1. The Morgan fingerprint density at radius 1 is 1.22 bits per heavy atom. The van der Waals surface area contributed by atoms with E-state index in [1.165, 1.54) is 12.1 Å². The van der Waals surface area contributed by atoms with E-state index in [1.807, 2.05) is 36.4 Å². The molecule has 2 aromatic carbocycles. The molecule has 0 aliphatic carbocycles. The Balaban J connectivity index is 1.69. The molecule has 0 fully saturated rings. The predicted octanol–water partition coefficient (Wildman–Crippen LogP) is 3.42. The molecule has 2 heterocycles. The highest BCUT2D eigenvalue weighted by molar-refractivity contribution is 6.36. The minimum atomic E-state index is -0.681. The number of carbonyl (C=O) groups is 1. The van der Waals surface area contributed by atoms with Crippen molar-refractivity contribution in [1.82, 2.24) is 4.98 Å². The second kappa shape index (κ2) is 7.37. The van der Waals surface area contributed by atoms with E-state index < -0.39 is 11.6 Å². The van der Waals surface area contributed by atoms with E-state index >= 15 is 0 Å². The third kappa shape index (κ3) is 3.38. The third-order valence-corrected chi connectivity index (χ3v) is 4.79. The summed E-state index contributed by atoms with van der Waals surface area (Å²) in [6.07, 6.45) is 4.21. The first-order valence-electron chi connectivity index (χ1n) is 8.56. The molecule has 0 atom stereocenters. The van der Waals surface area contributed by atoms with Gasteiger partial charge in [0.1, 0.15) is 23.7 Å². The molecule has 6 heteroatoms. The van der Waals surface area contributed by atoms with Crippen LogP contribution in [-0.4, -0.2) is 17.3 Å². The normalized spacial score (nSPS) is 12.7. The summed E-state index contributed by atoms with van der Waals surface area (Å²) in [6, 6.07) is 12.2. The molecule has 0 bridgehead atoms. The number of rotatable bonds is 5. The van der Waals surface area contributed by atoms with Gasteiger partial charge < -0.3 is 9.72 Å². The Morgan fingerprint density at radius 3 is 2.85 bits per heavy atom. The summed E-state index contributed by atoms with van der Waals surface area (Å²) in [7, 11) is 0. The van der Waals surface area contributed by atoms with Crippen LogP contribution >= 0.6 is 11.6 Å². The Bertz CT molecular complexity index is 1120. The van der Waals surface area contributed by atoms with Crippen molar-refractivity contribution in [3.8, 4) is 5.75 Å². The Labute approximate surface area is 160 Å². The van der Waals surface area contributed by atoms with Gasteiger partial charge in [0, 0.05) is 23.5 Å². The number of aromatic nitrogens is 1. The Kier molecular flexibility index (Phi) is 4.77. The van der Waals surface area contributed by atoms with Gasteiger partial charge >= 0.3 is 0 Å². The van der Waals surface area contributed by atoms with Crippen LogP contribution < -0.4 is 15.4 Å². The van der Waals surface area contributed by atoms with Crippen LogP contribution in [-0.2, 0) is 6.61 Å². The summed E-state index contributed by atoms with van der Waals surface area (Å²) >= 11 is 6.35. The van der Waals surface area contributed by atoms with Crippen molar-refractivity contribution in [3.63, 3.8) is 0 Å². The predicted molar refractivity (Wildman–Crippen MR) is 101 cm³/mol. The summed E-state index contributed by atoms with van der Waals surface area (Å²) in [5.74, 6) is -0.906. The highest BCUT2D eigenvalue weighted by atomic mass is 35.5. The van der Waals surface area contributed by atoms with Crippen molar-refractivity contribution in [1.29, 1.82) is 0 Å². The third-order valence-electron chi connectivity index (χ3n) is 4.41. The van der Waals surface area contributed by atoms with Crippen molar-refractivity contribution in [3.05, 3.63) is 86.9 Å². The Morgan fingerprint density at radius 2 is 2.04 bits per heavy atom. The fraction of sp³-hybridized carbons (Fsp3) is 0.143. The van der Waals surface area contributed by atoms with Crippen LogP contribution in [0, 0.1) is 5.82 Å². The van der Waals surface area contributed by atoms with Gasteiger partial charge in [0.05, 0.1) is 10.6 Å². The second-order valence-corrected chi connectivity index (χ2v) is 6.56. The number of aromatic amines is 1. The van der Waals surface area contributed by atoms with E-state index in [4.69, 9.17) is 16.3 Å². The maximum atomic E-state index is 14.5. The van der Waals surface area contributed by atoms with Crippen LogP contribution in [0.1, 0.15) is 27.9 Å². The van der Waals surface area contributed by atoms with Crippen LogP contribution in [0.3, 0.4) is 0 Å². The number of fused-ring (bicyclic) bond motifs is 1. The van der Waals surface area contributed by atoms with Gasteiger partial charge in [-0.25, -0.2) is 4.39 Å². The summed E-state index contributed by atoms with van der Waals surface area (Å²) < 4.78 is 20.2. The number of benzene rings is 2. The molecule has 136 valence electrons. The average molecular weight is 383 g/mol. The van der Waals surface area contributed by atoms with E-state index in [-0.39, 0.29) is 22.9 Å². The highest BCUT2D eigenvalue weighted by Gasteiger charge is 2.23. The largest absolute Gasteiger partial charge is 0.487 e. The lowest BCUT2D eigenvalue weighted by Gasteiger charge is -2.12. The minimum Gasteiger partial charge on any atom is -0.487 e. The number of hydrogen-bond donors (Lipinski definition) is 1. The van der Waals surface area contributed by atoms with Gasteiger partial charge in [-0.1, -0.05) is 48.0 Å². The molecule has 0 amide bonds. The lowest BCUT2D eigenvalue weighted by molar-refractivity contribution is 0.103. The molecular weight excluding hydrogens is 367 g/mol. The first-order valence-corrected chi connectivity index (χ1v) is 8.94. The maximum Gasteiger partial charge on any atom is 0.199 e. The van der Waals surface area contributed by atoms with Gasteiger partial charge in [-0.2, -0.15) is 0 Å². The molecule has 0 saturated heterocycles. The average Bonchev–Trinajstić information content (AvgIpc) is 3.12. The van der Waals surface area contributed by atoms with Crippen LogP contribution in [0.4, 0.5) is 4.39 Å². The maximum absolute atomic E-state index is 14.5. The summed E-state index contributed by atoms with van der Waals surface area (Å²) in [5.41, 5.74) is 1.75. The van der Waals surface area contributed by atoms with Crippen molar-refractivity contribution in [2.24, 2.45) is 4.99 Å². The molecule has 4 rings (SSSR count). The van der Waals surface area contributed by atoms with Crippen LogP contribution in [0.15, 0.2) is 53.7 Å². The van der Waals surface area contributed by atoms with Gasteiger partial charge in [0.15, 0.2) is 5.78 Å². The second-order valence-electron chi connectivity index (χ2n) is 6.18. The zero-order valence-electron chi connectivity index (χ0n) is 14.3. The van der Waals surface area contributed by atoms with Gasteiger partial charge in [-0.05, 0) is 24.1 Å². The van der Waals surface area contributed by atoms with Crippen LogP contribution in [0.5, 0.6) is 5.75 Å². The molecule has 0 unspecified atom stereocenters. The van der Waals surface area contributed by atoms with Crippen molar-refractivity contribution in [2.45, 2.75) is 13.0 Å². The SMILES string of the molecule is O=C(c1c(F)ccc(OCc2ccccc2)c1Cl)c1c[nH]c2c1=CCCN=2. The van der Waals surface area contributed by atoms with Gasteiger partial charge in [-0.15, -0.1) is 0 Å². The van der Waals surface area contributed by atoms with Crippen molar-refractivity contribution < 1.29 is 13.9 Å². The molecule has 1 aliphatic rings. The van der Waals surface area contributed by atoms with Gasteiger partial charge in [0.25, 0.3) is 0 Å². The highest BCUT2D eigenvalue weighted by Crippen LogP contribution is 2.32. The molecule has 0 spiro atoms. The van der Waals surface area contributed by atoms with Crippen LogP contribution in [0.25, 0.3) is 6.08 Å². The summed E-state index contributed by atoms with van der Waals surface area (Å²) in [5, 5.41) is 0.663. The molecule has 0 radical (unpaired) electrons. The minimum absolute atomic E-state index is 0.0290. The molecular formula is C21H16ClFN2O2. The molecule has 1 aliphatic heterocycles. The zero-order chi connectivity index (χ0) is 18.8. The standard InChI is InChI=1S/C21H16ClFN2O2/c22-19-17(27-12-13-5-2-1-3-6-13)9-8-16(23)18(19)20(26)15-11-25-21-14(15)7-4-10-24-21/h1-3,5-9,11H,4,10,12H2,(H,24,25). The zero-order valence-corrected chi connectivity index (χ0v) is 15.1. The molecule has 1 N–H and O–H groups in total. The summed E-state index contributed by atoms with van der Waals surface area (Å²) in [4.78, 5) is 20.3. The quantitative estimate of drug-likeness (QED) is 0.687. The van der Waals surface area contributed by atoms with Crippen LogP contribution in [0.2, 0.25) is 5.02 Å². The van der Waals surface area contributed by atoms with E-state index in [0.29, 0.717) is 22.8 Å². The number of nitrogens with one attached hydrogen (secondary N) is 1. The molecule has 4 nitrogen and oxygen atoms in total. The fourth-order valence-corrected chi connectivity index (χ4v) is 3.35. The van der Waals surface area contributed by atoms with E-state index in [9.17, 15) is 9.18 Å². The smallest absolute Gasteiger partial charge is 0.199 e. The number of hydrogen-bond acceptors (Lipinski definition) is 3. The lowest BCUT2D eigenvalue weighted by Crippen LogP contribution is -2.30. The number of halogens is 2. The van der Waals surface area contributed by atoms with Crippen molar-refractivity contribution >= 4 is 23.5 Å². The topological polar surface area (TPSA) is 54.5 Å². The van der Waals surface area contributed by atoms with E-state index in [2.05, 4.69) is 9.98 Å². The van der Waals surface area contributed by atoms with E-state index in [1.54, 1.807) is 6.20 Å². The molecule has 0 saturated carbocycles. The van der Waals surface area contributed by atoms with E-state index in [0.717, 1.165) is 12.0 Å².